The van der Waals surface area contributed by atoms with Gasteiger partial charge in [-0.3, -0.25) is 9.59 Å². The van der Waals surface area contributed by atoms with Gasteiger partial charge in [-0.05, 0) is 83.6 Å². The zero-order valence-corrected chi connectivity index (χ0v) is 32.7. The van der Waals surface area contributed by atoms with E-state index in [-0.39, 0.29) is 47.8 Å². The average molecular weight is 762 g/mol. The zero-order chi connectivity index (χ0) is 40.2. The molecule has 294 valence electrons. The van der Waals surface area contributed by atoms with Gasteiger partial charge in [-0.25, -0.2) is 4.39 Å². The quantitative estimate of drug-likeness (QED) is 0.108. The smallest absolute Gasteiger partial charge is 0.302 e. The Morgan fingerprint density at radius 2 is 1.55 bits per heavy atom. The molecule has 2 aliphatic rings. The summed E-state index contributed by atoms with van der Waals surface area (Å²) in [5.74, 6) is 0.376. The normalized spacial score (nSPS) is 19.3. The van der Waals surface area contributed by atoms with Crippen molar-refractivity contribution in [2.75, 3.05) is 4.90 Å². The van der Waals surface area contributed by atoms with Crippen LogP contribution in [0.3, 0.4) is 0 Å². The number of hydrogen-bond donors (Lipinski definition) is 2. The third kappa shape index (κ3) is 10.8. The van der Waals surface area contributed by atoms with Gasteiger partial charge < -0.3 is 29.3 Å². The van der Waals surface area contributed by atoms with Crippen LogP contribution in [0.2, 0.25) is 0 Å². The van der Waals surface area contributed by atoms with Crippen LogP contribution in [0.5, 0.6) is 11.5 Å². The fourth-order valence-electron chi connectivity index (χ4n) is 6.91. The minimum absolute atomic E-state index is 0.000767. The molecule has 2 saturated heterocycles. The van der Waals surface area contributed by atoms with E-state index < -0.39 is 6.10 Å². The van der Waals surface area contributed by atoms with Gasteiger partial charge in [0.1, 0.15) is 30.0 Å². The maximum Gasteiger partial charge on any atom is 0.302 e. The first kappa shape index (κ1) is 41.6. The number of phenols is 1. The van der Waals surface area contributed by atoms with E-state index in [0.717, 1.165) is 44.8 Å². The molecule has 2 fully saturated rings. The largest absolute Gasteiger partial charge is 0.508 e. The van der Waals surface area contributed by atoms with E-state index in [1.54, 1.807) is 41.3 Å². The Bertz CT molecular complexity index is 2000. The number of ether oxygens (including phenoxy) is 3. The van der Waals surface area contributed by atoms with Gasteiger partial charge >= 0.3 is 5.97 Å². The van der Waals surface area contributed by atoms with Crippen molar-refractivity contribution in [2.45, 2.75) is 97.4 Å². The molecule has 0 saturated carbocycles. The van der Waals surface area contributed by atoms with Crippen molar-refractivity contribution in [3.8, 4) is 22.6 Å². The van der Waals surface area contributed by atoms with Crippen LogP contribution in [-0.2, 0) is 25.7 Å². The number of carbonyl (C=O) groups is 2. The van der Waals surface area contributed by atoms with Crippen LogP contribution in [0.25, 0.3) is 11.1 Å². The molecule has 8 nitrogen and oxygen atoms in total. The number of anilines is 1. The molecule has 5 atom stereocenters. The molecule has 5 aromatic rings. The molecule has 5 unspecified atom stereocenters. The molecular weight excluding hydrogens is 710 g/mol. The Morgan fingerprint density at radius 1 is 0.893 bits per heavy atom. The lowest BCUT2D eigenvalue weighted by Gasteiger charge is -2.41. The number of aliphatic hydroxyl groups excluding tert-OH is 1. The third-order valence-electron chi connectivity index (χ3n) is 9.74. The Hall–Kier alpha value is -5.51. The van der Waals surface area contributed by atoms with Crippen LogP contribution in [0.15, 0.2) is 121 Å². The number of β-lactam (4-membered cyclic amide) rings is 1. The molecule has 0 aliphatic carbocycles. The van der Waals surface area contributed by atoms with Gasteiger partial charge in [-0.15, -0.1) is 0 Å². The van der Waals surface area contributed by atoms with E-state index in [0.29, 0.717) is 32.3 Å². The van der Waals surface area contributed by atoms with Gasteiger partial charge in [-0.2, -0.15) is 0 Å². The molecule has 0 aromatic heterocycles. The summed E-state index contributed by atoms with van der Waals surface area (Å²) >= 11 is 0. The summed E-state index contributed by atoms with van der Waals surface area (Å²) < 4.78 is 30.5. The number of carbonyl (C=O) groups excluding carboxylic acids is 2. The number of benzene rings is 5. The second-order valence-corrected chi connectivity index (χ2v) is 13.8. The van der Waals surface area contributed by atoms with E-state index in [1.807, 2.05) is 70.2 Å². The van der Waals surface area contributed by atoms with E-state index in [2.05, 4.69) is 30.3 Å². The average Bonchev–Trinajstić information content (AvgIpc) is 3.21. The fourth-order valence-corrected chi connectivity index (χ4v) is 6.91. The van der Waals surface area contributed by atoms with Gasteiger partial charge in [0, 0.05) is 31.0 Å². The summed E-state index contributed by atoms with van der Waals surface area (Å²) in [5, 5.41) is 19.0. The minimum atomic E-state index is -0.462. The van der Waals surface area contributed by atoms with Gasteiger partial charge in [0.2, 0.25) is 5.91 Å². The number of aliphatic hydroxyl groups is 1. The van der Waals surface area contributed by atoms with Crippen LogP contribution in [-0.4, -0.2) is 34.3 Å². The number of halogens is 1. The van der Waals surface area contributed by atoms with Crippen LogP contribution in [0.1, 0.15) is 101 Å². The molecule has 9 heteroatoms. The summed E-state index contributed by atoms with van der Waals surface area (Å²) in [5.41, 5.74) is 6.57. The summed E-state index contributed by atoms with van der Waals surface area (Å²) in [4.78, 5) is 26.0. The standard InChI is InChI=1S/C36H35NO6.C9H11FO.C2H6/c1-23-18-31(43-24(2)38)20-34(42-23)27-10-8-26(9-11-27)28-12-17-32(35(19-28)41-22-25-6-4-3-5-7-25)33-21-36(40)37(33)29-13-15-30(39)16-14-29;1-2-9(11)7-3-5-8(10)6-4-7;1-2/h3-17,19,23,31,33-34,39H,18,20-22H2,1-2H3;3-6,9,11H,2H2,1H3;1-2H3. The number of rotatable bonds is 10. The van der Waals surface area contributed by atoms with Crippen molar-refractivity contribution in [2.24, 2.45) is 0 Å². The maximum absolute atomic E-state index is 12.7. The van der Waals surface area contributed by atoms with Gasteiger partial charge in [-0.1, -0.05) is 99.6 Å². The number of phenolic OH excluding ortho intramolecular Hbond substituents is 1. The number of amides is 1. The topological polar surface area (TPSA) is 106 Å². The Balaban J connectivity index is 0.000000396. The molecular formula is C47H52FNO7. The number of nitrogens with zero attached hydrogens (tertiary/aromatic N) is 1. The SMILES string of the molecule is CC.CC(=O)OC1CC(C)OC(c2ccc(-c3ccc(C4CC(=O)N4c4ccc(O)cc4)c(OCc4ccccc4)c3)cc2)C1.CCC(O)c1ccc(F)cc1. The maximum atomic E-state index is 12.7. The third-order valence-corrected chi connectivity index (χ3v) is 9.74. The first-order chi connectivity index (χ1) is 27.1. The second-order valence-electron chi connectivity index (χ2n) is 13.8. The van der Waals surface area contributed by atoms with E-state index in [9.17, 15) is 24.2 Å². The summed E-state index contributed by atoms with van der Waals surface area (Å²) in [6, 6.07) is 36.9. The van der Waals surface area contributed by atoms with E-state index in [4.69, 9.17) is 14.2 Å². The van der Waals surface area contributed by atoms with Crippen LogP contribution >= 0.6 is 0 Å². The van der Waals surface area contributed by atoms with Gasteiger partial charge in [0.05, 0.1) is 30.8 Å². The van der Waals surface area contributed by atoms with Crippen molar-refractivity contribution in [3.05, 3.63) is 149 Å². The van der Waals surface area contributed by atoms with Gasteiger partial charge in [0.25, 0.3) is 0 Å². The van der Waals surface area contributed by atoms with Crippen LogP contribution in [0.4, 0.5) is 10.1 Å². The predicted octanol–water partition coefficient (Wildman–Crippen LogP) is 10.6. The highest BCUT2D eigenvalue weighted by Crippen LogP contribution is 2.44. The molecule has 7 rings (SSSR count). The predicted molar refractivity (Wildman–Crippen MR) is 217 cm³/mol. The lowest BCUT2D eigenvalue weighted by atomic mass is 9.90. The van der Waals surface area contributed by atoms with Crippen molar-refractivity contribution in [1.82, 2.24) is 0 Å². The zero-order valence-electron chi connectivity index (χ0n) is 32.7. The lowest BCUT2D eigenvalue weighted by Crippen LogP contribution is -2.46. The van der Waals surface area contributed by atoms with Crippen molar-refractivity contribution < 1.29 is 38.4 Å². The van der Waals surface area contributed by atoms with Crippen molar-refractivity contribution >= 4 is 17.6 Å². The number of hydrogen-bond acceptors (Lipinski definition) is 7. The van der Waals surface area contributed by atoms with Crippen LogP contribution in [0, 0.1) is 5.82 Å². The lowest BCUT2D eigenvalue weighted by molar-refractivity contribution is -0.158. The summed E-state index contributed by atoms with van der Waals surface area (Å²) in [6.45, 7) is 9.74. The number of aromatic hydroxyl groups is 1. The van der Waals surface area contributed by atoms with Crippen molar-refractivity contribution in [1.29, 1.82) is 0 Å². The number of esters is 1. The highest BCUT2D eigenvalue weighted by Gasteiger charge is 2.40. The van der Waals surface area contributed by atoms with Crippen LogP contribution < -0.4 is 9.64 Å². The Kier molecular flexibility index (Phi) is 14.8. The monoisotopic (exact) mass is 761 g/mol. The molecule has 0 spiro atoms. The molecule has 0 radical (unpaired) electrons. The highest BCUT2D eigenvalue weighted by molar-refractivity contribution is 6.01. The molecule has 56 heavy (non-hydrogen) atoms. The molecule has 1 amide bonds. The summed E-state index contributed by atoms with van der Waals surface area (Å²) in [7, 11) is 0. The molecule has 2 aliphatic heterocycles. The first-order valence-corrected chi connectivity index (χ1v) is 19.4. The summed E-state index contributed by atoms with van der Waals surface area (Å²) in [6.07, 6.45) is 1.61. The van der Waals surface area contributed by atoms with E-state index >= 15 is 0 Å². The van der Waals surface area contributed by atoms with Gasteiger partial charge in [0.15, 0.2) is 0 Å². The molecule has 5 aromatic carbocycles. The Morgan fingerprint density at radius 3 is 2.18 bits per heavy atom. The van der Waals surface area contributed by atoms with E-state index in [1.165, 1.54) is 19.1 Å². The second kappa shape index (κ2) is 19.9. The Labute approximate surface area is 329 Å². The molecule has 2 N–H and O–H groups in total. The van der Waals surface area contributed by atoms with Crippen molar-refractivity contribution in [3.63, 3.8) is 0 Å². The highest BCUT2D eigenvalue weighted by atomic mass is 19.1. The minimum Gasteiger partial charge on any atom is -0.508 e. The molecule has 0 bridgehead atoms. The molecule has 2 heterocycles. The first-order valence-electron chi connectivity index (χ1n) is 19.4. The fraction of sp³-hybridized carbons (Fsp3) is 0.319.